The van der Waals surface area contributed by atoms with Gasteiger partial charge in [0, 0.05) is 5.56 Å². The van der Waals surface area contributed by atoms with Gasteiger partial charge in [-0.1, -0.05) is 41.2 Å². The van der Waals surface area contributed by atoms with Crippen LogP contribution in [-0.2, 0) is 9.59 Å². The first-order chi connectivity index (χ1) is 17.3. The number of ketones is 1. The fourth-order valence-corrected chi connectivity index (χ4v) is 5.42. The van der Waals surface area contributed by atoms with Crippen molar-refractivity contribution in [2.75, 3.05) is 19.1 Å². The Bertz CT molecular complexity index is 1540. The summed E-state index contributed by atoms with van der Waals surface area (Å²) >= 11 is 1.29. The molecule has 8 heteroatoms. The number of aliphatic hydroxyl groups excluding tert-OH is 1. The zero-order valence-electron chi connectivity index (χ0n) is 20.2. The Morgan fingerprint density at radius 2 is 1.72 bits per heavy atom. The number of anilines is 1. The number of ether oxygens (including phenoxy) is 2. The standard InChI is InChI=1S/C28H24N2O5S/c1-15-5-7-17(8-6-15)24-23(25(31)18-9-12-21(35-4)16(2)13-18)26(32)27(33)30(24)28-29-20-11-10-19(34-3)14-22(20)36-28/h5-14,24,31H,1-4H3/b25-23+/t24-/m0/s1. The fourth-order valence-electron chi connectivity index (χ4n) is 4.40. The smallest absolute Gasteiger partial charge is 0.301 e. The topological polar surface area (TPSA) is 89.0 Å². The van der Waals surface area contributed by atoms with E-state index >= 15 is 0 Å². The summed E-state index contributed by atoms with van der Waals surface area (Å²) in [5, 5.41) is 11.7. The van der Waals surface area contributed by atoms with Gasteiger partial charge in [0.1, 0.15) is 17.3 Å². The summed E-state index contributed by atoms with van der Waals surface area (Å²) < 4.78 is 11.5. The maximum Gasteiger partial charge on any atom is 0.301 e. The molecule has 0 saturated carbocycles. The van der Waals surface area contributed by atoms with Gasteiger partial charge in [-0.15, -0.1) is 0 Å². The number of methoxy groups -OCH3 is 2. The Morgan fingerprint density at radius 3 is 2.39 bits per heavy atom. The highest BCUT2D eigenvalue weighted by Gasteiger charge is 2.48. The predicted octanol–water partition coefficient (Wildman–Crippen LogP) is 5.56. The van der Waals surface area contributed by atoms with Gasteiger partial charge in [0.25, 0.3) is 5.78 Å². The molecular formula is C28H24N2O5S. The van der Waals surface area contributed by atoms with E-state index in [9.17, 15) is 14.7 Å². The third kappa shape index (κ3) is 3.89. The number of aryl methyl sites for hydroxylation is 2. The Hall–Kier alpha value is -4.17. The van der Waals surface area contributed by atoms with Crippen LogP contribution in [0.3, 0.4) is 0 Å². The molecule has 3 aromatic carbocycles. The van der Waals surface area contributed by atoms with Crippen molar-refractivity contribution in [3.8, 4) is 11.5 Å². The van der Waals surface area contributed by atoms with Crippen LogP contribution in [-0.4, -0.2) is 36.0 Å². The van der Waals surface area contributed by atoms with E-state index in [1.54, 1.807) is 38.5 Å². The monoisotopic (exact) mass is 500 g/mol. The Balaban J connectivity index is 1.71. The van der Waals surface area contributed by atoms with Crippen molar-refractivity contribution in [3.05, 3.63) is 88.5 Å². The lowest BCUT2D eigenvalue weighted by Gasteiger charge is -2.23. The van der Waals surface area contributed by atoms with E-state index in [1.807, 2.05) is 50.2 Å². The number of nitrogens with zero attached hydrogens (tertiary/aromatic N) is 2. The molecule has 1 saturated heterocycles. The summed E-state index contributed by atoms with van der Waals surface area (Å²) in [5.41, 5.74) is 3.66. The summed E-state index contributed by atoms with van der Waals surface area (Å²) in [4.78, 5) is 32.9. The van der Waals surface area contributed by atoms with E-state index < -0.39 is 17.7 Å². The van der Waals surface area contributed by atoms with Crippen molar-refractivity contribution in [2.24, 2.45) is 0 Å². The lowest BCUT2D eigenvalue weighted by atomic mass is 9.94. The quantitative estimate of drug-likeness (QED) is 0.219. The maximum atomic E-state index is 13.4. The van der Waals surface area contributed by atoms with Crippen LogP contribution in [0.25, 0.3) is 16.0 Å². The molecule has 1 aliphatic heterocycles. The lowest BCUT2D eigenvalue weighted by Crippen LogP contribution is -2.29. The van der Waals surface area contributed by atoms with Crippen LogP contribution in [0.2, 0.25) is 0 Å². The zero-order valence-corrected chi connectivity index (χ0v) is 21.1. The highest BCUT2D eigenvalue weighted by molar-refractivity contribution is 7.22. The molecule has 182 valence electrons. The first-order valence-electron chi connectivity index (χ1n) is 11.3. The van der Waals surface area contributed by atoms with Crippen LogP contribution in [0.1, 0.15) is 28.3 Å². The van der Waals surface area contributed by atoms with Crippen molar-refractivity contribution in [1.82, 2.24) is 4.98 Å². The molecule has 1 atom stereocenters. The molecule has 1 fully saturated rings. The Morgan fingerprint density at radius 1 is 0.972 bits per heavy atom. The number of thiazole rings is 1. The molecule has 7 nitrogen and oxygen atoms in total. The number of amides is 1. The van der Waals surface area contributed by atoms with Gasteiger partial charge in [-0.2, -0.15) is 0 Å². The van der Waals surface area contributed by atoms with Gasteiger partial charge >= 0.3 is 5.91 Å². The van der Waals surface area contributed by atoms with Crippen molar-refractivity contribution in [1.29, 1.82) is 0 Å². The highest BCUT2D eigenvalue weighted by atomic mass is 32.1. The zero-order chi connectivity index (χ0) is 25.6. The minimum atomic E-state index is -0.838. The number of rotatable bonds is 5. The van der Waals surface area contributed by atoms with Crippen LogP contribution in [0.15, 0.2) is 66.2 Å². The molecule has 4 aromatic rings. The van der Waals surface area contributed by atoms with Crippen LogP contribution < -0.4 is 14.4 Å². The first kappa shape index (κ1) is 23.6. The minimum absolute atomic E-state index is 0.0188. The number of benzene rings is 3. The second-order valence-corrected chi connectivity index (χ2v) is 9.60. The van der Waals surface area contributed by atoms with E-state index in [1.165, 1.54) is 16.2 Å². The molecule has 1 aliphatic rings. The Kier molecular flexibility index (Phi) is 5.97. The van der Waals surface area contributed by atoms with Crippen LogP contribution in [0.5, 0.6) is 11.5 Å². The number of carbonyl (C=O) groups excluding carboxylic acids is 2. The average Bonchev–Trinajstić information content (AvgIpc) is 3.41. The molecule has 0 aliphatic carbocycles. The van der Waals surface area contributed by atoms with Crippen molar-refractivity contribution in [3.63, 3.8) is 0 Å². The molecule has 0 spiro atoms. The van der Waals surface area contributed by atoms with Gasteiger partial charge in [-0.3, -0.25) is 14.5 Å². The summed E-state index contributed by atoms with van der Waals surface area (Å²) in [5.74, 6) is -0.409. The Labute approximate surface area is 212 Å². The van der Waals surface area contributed by atoms with Crippen LogP contribution in [0, 0.1) is 13.8 Å². The molecule has 0 radical (unpaired) electrons. The number of aliphatic hydroxyl groups is 1. The van der Waals surface area contributed by atoms with Crippen molar-refractivity contribution < 1.29 is 24.2 Å². The van der Waals surface area contributed by atoms with Gasteiger partial charge < -0.3 is 14.6 Å². The molecule has 1 N–H and O–H groups in total. The SMILES string of the molecule is COc1ccc2nc(N3C(=O)C(=O)/C(=C(/O)c4ccc(OC)c(C)c4)[C@@H]3c3ccc(C)cc3)sc2c1. The number of fused-ring (bicyclic) bond motifs is 1. The van der Waals surface area contributed by atoms with E-state index in [-0.39, 0.29) is 11.3 Å². The molecule has 1 aromatic heterocycles. The summed E-state index contributed by atoms with van der Waals surface area (Å²) in [6.07, 6.45) is 0. The first-order valence-corrected chi connectivity index (χ1v) is 12.1. The summed E-state index contributed by atoms with van der Waals surface area (Å²) in [7, 11) is 3.15. The fraction of sp³-hybridized carbons (Fsp3) is 0.179. The molecule has 0 unspecified atom stereocenters. The van der Waals surface area contributed by atoms with Gasteiger partial charge in [0.2, 0.25) is 0 Å². The summed E-state index contributed by atoms with van der Waals surface area (Å²) in [6.45, 7) is 3.81. The molecule has 0 bridgehead atoms. The van der Waals surface area contributed by atoms with E-state index in [0.29, 0.717) is 33.3 Å². The number of hydrogen-bond donors (Lipinski definition) is 1. The maximum absolute atomic E-state index is 13.4. The van der Waals surface area contributed by atoms with Gasteiger partial charge in [-0.25, -0.2) is 4.98 Å². The molecule has 5 rings (SSSR count). The minimum Gasteiger partial charge on any atom is -0.507 e. The number of hydrogen-bond acceptors (Lipinski definition) is 7. The van der Waals surface area contributed by atoms with Gasteiger partial charge in [0.05, 0.1) is 36.1 Å². The van der Waals surface area contributed by atoms with E-state index in [4.69, 9.17) is 9.47 Å². The normalized spacial score (nSPS) is 17.1. The third-order valence-corrected chi connectivity index (χ3v) is 7.31. The molecule has 2 heterocycles. The van der Waals surface area contributed by atoms with E-state index in [2.05, 4.69) is 4.98 Å². The van der Waals surface area contributed by atoms with Crippen LogP contribution in [0.4, 0.5) is 5.13 Å². The highest BCUT2D eigenvalue weighted by Crippen LogP contribution is 2.44. The molecule has 1 amide bonds. The molecule has 36 heavy (non-hydrogen) atoms. The van der Waals surface area contributed by atoms with Crippen LogP contribution >= 0.6 is 11.3 Å². The largest absolute Gasteiger partial charge is 0.507 e. The van der Waals surface area contributed by atoms with Crippen molar-refractivity contribution in [2.45, 2.75) is 19.9 Å². The number of Topliss-reactive ketones (excluding diaryl/α,β-unsaturated/α-hetero) is 1. The molecular weight excluding hydrogens is 476 g/mol. The summed E-state index contributed by atoms with van der Waals surface area (Å²) in [6, 6.07) is 17.3. The van der Waals surface area contributed by atoms with Gasteiger partial charge in [0.15, 0.2) is 5.13 Å². The van der Waals surface area contributed by atoms with Gasteiger partial charge in [-0.05, 0) is 61.4 Å². The second kappa shape index (κ2) is 9.13. The van der Waals surface area contributed by atoms with Crippen molar-refractivity contribution >= 4 is 44.1 Å². The lowest BCUT2D eigenvalue weighted by molar-refractivity contribution is -0.132. The second-order valence-electron chi connectivity index (χ2n) is 8.59. The third-order valence-electron chi connectivity index (χ3n) is 6.30. The van der Waals surface area contributed by atoms with E-state index in [0.717, 1.165) is 15.8 Å². The number of aromatic nitrogens is 1. The number of carbonyl (C=O) groups is 2. The average molecular weight is 501 g/mol. The predicted molar refractivity (Wildman–Crippen MR) is 140 cm³/mol.